The van der Waals surface area contributed by atoms with Crippen LogP contribution in [0.3, 0.4) is 0 Å². The van der Waals surface area contributed by atoms with E-state index in [0.29, 0.717) is 6.54 Å². The summed E-state index contributed by atoms with van der Waals surface area (Å²) in [5, 5.41) is 0. The van der Waals surface area contributed by atoms with E-state index < -0.39 is 0 Å². The number of hydrogen-bond donors (Lipinski definition) is 1. The molecule has 1 rings (SSSR count). The van der Waals surface area contributed by atoms with E-state index in [1.165, 1.54) is 11.3 Å². The number of carbonyl (C=O) groups excluding carboxylic acids is 1. The molecule has 2 N–H and O–H groups in total. The predicted octanol–water partition coefficient (Wildman–Crippen LogP) is 2.63. The Balaban J connectivity index is 2.92. The molecule has 1 heterocycles. The van der Waals surface area contributed by atoms with Gasteiger partial charge in [-0.3, -0.25) is 4.79 Å². The monoisotopic (exact) mass is 278 g/mol. The van der Waals surface area contributed by atoms with Crippen molar-refractivity contribution in [3.63, 3.8) is 0 Å². The van der Waals surface area contributed by atoms with Crippen LogP contribution in [-0.4, -0.2) is 30.4 Å². The number of hydrogen-bond acceptors (Lipinski definition) is 3. The number of thiophene rings is 1. The first-order valence-electron chi connectivity index (χ1n) is 6.72. The molecule has 1 aromatic rings. The van der Waals surface area contributed by atoms with E-state index in [4.69, 9.17) is 5.73 Å². The van der Waals surface area contributed by atoms with Gasteiger partial charge in [0.15, 0.2) is 0 Å². The van der Waals surface area contributed by atoms with Gasteiger partial charge < -0.3 is 10.6 Å². The first-order chi connectivity index (χ1) is 9.13. The molecular weight excluding hydrogens is 256 g/mol. The number of rotatable bonds is 5. The molecular formula is C15H22N2OS. The number of aryl methyl sites for hydroxylation is 1. The molecule has 1 amide bonds. The molecule has 0 radical (unpaired) electrons. The summed E-state index contributed by atoms with van der Waals surface area (Å²) in [6.07, 6.45) is 1.96. The van der Waals surface area contributed by atoms with Gasteiger partial charge in [-0.15, -0.1) is 11.3 Å². The van der Waals surface area contributed by atoms with Crippen LogP contribution < -0.4 is 5.73 Å². The van der Waals surface area contributed by atoms with E-state index in [2.05, 4.69) is 25.7 Å². The van der Waals surface area contributed by atoms with Gasteiger partial charge in [0, 0.05) is 13.1 Å². The van der Waals surface area contributed by atoms with Crippen LogP contribution in [0, 0.1) is 18.8 Å². The molecule has 19 heavy (non-hydrogen) atoms. The smallest absolute Gasteiger partial charge is 0.263 e. The second-order valence-electron chi connectivity index (χ2n) is 4.42. The maximum atomic E-state index is 12.4. The van der Waals surface area contributed by atoms with Gasteiger partial charge in [-0.2, -0.15) is 0 Å². The van der Waals surface area contributed by atoms with Crippen molar-refractivity contribution in [3.05, 3.63) is 21.4 Å². The third-order valence-corrected chi connectivity index (χ3v) is 3.85. The third-order valence-electron chi connectivity index (χ3n) is 2.71. The zero-order chi connectivity index (χ0) is 14.3. The summed E-state index contributed by atoms with van der Waals surface area (Å²) in [4.78, 5) is 16.1. The summed E-state index contributed by atoms with van der Waals surface area (Å²) in [6, 6.07) is 1.94. The van der Waals surface area contributed by atoms with Gasteiger partial charge in [0.05, 0.1) is 16.3 Å². The molecule has 0 saturated heterocycles. The molecule has 1 aromatic heterocycles. The molecule has 0 aliphatic rings. The molecule has 3 nitrogen and oxygen atoms in total. The van der Waals surface area contributed by atoms with E-state index >= 15 is 0 Å². The van der Waals surface area contributed by atoms with Gasteiger partial charge in [0.25, 0.3) is 5.91 Å². The lowest BCUT2D eigenvalue weighted by Gasteiger charge is -2.20. The molecule has 104 valence electrons. The van der Waals surface area contributed by atoms with E-state index in [0.717, 1.165) is 41.2 Å². The fourth-order valence-electron chi connectivity index (χ4n) is 1.85. The molecule has 4 heteroatoms. The third kappa shape index (κ3) is 4.38. The standard InChI is InChI=1S/C15H22N2OS/c1-4-9-17(10-5-2)15(18)14-11-12(3)13(19-14)7-6-8-16/h11H,4-5,8-10,16H2,1-3H3. The Morgan fingerprint density at radius 1 is 1.37 bits per heavy atom. The van der Waals surface area contributed by atoms with Gasteiger partial charge >= 0.3 is 0 Å². The number of amides is 1. The van der Waals surface area contributed by atoms with Gasteiger partial charge in [0.2, 0.25) is 0 Å². The van der Waals surface area contributed by atoms with Crippen molar-refractivity contribution in [3.8, 4) is 11.8 Å². The zero-order valence-corrected chi connectivity index (χ0v) is 12.8. The summed E-state index contributed by atoms with van der Waals surface area (Å²) in [5.41, 5.74) is 6.43. The molecule has 0 atom stereocenters. The molecule has 0 spiro atoms. The molecule has 0 aliphatic carbocycles. The Labute approximate surface area is 119 Å². The summed E-state index contributed by atoms with van der Waals surface area (Å²) in [7, 11) is 0. The molecule has 0 aliphatic heterocycles. The highest BCUT2D eigenvalue weighted by Gasteiger charge is 2.17. The van der Waals surface area contributed by atoms with Crippen LogP contribution >= 0.6 is 11.3 Å². The van der Waals surface area contributed by atoms with Crippen LogP contribution in [0.5, 0.6) is 0 Å². The Hall–Kier alpha value is -1.31. The highest BCUT2D eigenvalue weighted by Crippen LogP contribution is 2.22. The maximum absolute atomic E-state index is 12.4. The van der Waals surface area contributed by atoms with Crippen LogP contribution in [0.4, 0.5) is 0 Å². The predicted molar refractivity (Wildman–Crippen MR) is 81.5 cm³/mol. The summed E-state index contributed by atoms with van der Waals surface area (Å²) in [5.74, 6) is 5.99. The molecule has 0 aromatic carbocycles. The quantitative estimate of drug-likeness (QED) is 0.842. The second kappa shape index (κ2) is 7.98. The first kappa shape index (κ1) is 15.7. The van der Waals surface area contributed by atoms with E-state index in [1.807, 2.05) is 17.9 Å². The number of nitrogens with zero attached hydrogens (tertiary/aromatic N) is 1. The highest BCUT2D eigenvalue weighted by atomic mass is 32.1. The zero-order valence-electron chi connectivity index (χ0n) is 12.0. The minimum Gasteiger partial charge on any atom is -0.338 e. The highest BCUT2D eigenvalue weighted by molar-refractivity contribution is 7.14. The fraction of sp³-hybridized carbons (Fsp3) is 0.533. The number of carbonyl (C=O) groups is 1. The summed E-state index contributed by atoms with van der Waals surface area (Å²) in [6.45, 7) is 8.14. The van der Waals surface area contributed by atoms with Crippen molar-refractivity contribution < 1.29 is 4.79 Å². The van der Waals surface area contributed by atoms with Crippen LogP contribution in [0.2, 0.25) is 0 Å². The van der Waals surface area contributed by atoms with E-state index in [9.17, 15) is 4.79 Å². The van der Waals surface area contributed by atoms with Gasteiger partial charge in [-0.05, 0) is 31.4 Å². The number of nitrogens with two attached hydrogens (primary N) is 1. The van der Waals surface area contributed by atoms with Crippen LogP contribution in [0.25, 0.3) is 0 Å². The van der Waals surface area contributed by atoms with E-state index in [1.54, 1.807) is 0 Å². The van der Waals surface area contributed by atoms with Crippen molar-refractivity contribution in [2.75, 3.05) is 19.6 Å². The summed E-state index contributed by atoms with van der Waals surface area (Å²) < 4.78 is 0. The SMILES string of the molecule is CCCN(CCC)C(=O)c1cc(C)c(C#CCN)s1. The fourth-order valence-corrected chi connectivity index (χ4v) is 2.87. The summed E-state index contributed by atoms with van der Waals surface area (Å²) >= 11 is 1.47. The Bertz CT molecular complexity index is 476. The first-order valence-corrected chi connectivity index (χ1v) is 7.54. The Morgan fingerprint density at radius 2 is 2.00 bits per heavy atom. The van der Waals surface area contributed by atoms with Crippen molar-refractivity contribution >= 4 is 17.2 Å². The van der Waals surface area contributed by atoms with E-state index in [-0.39, 0.29) is 5.91 Å². The maximum Gasteiger partial charge on any atom is 0.263 e. The topological polar surface area (TPSA) is 46.3 Å². The van der Waals surface area contributed by atoms with Crippen LogP contribution in [0.1, 0.15) is 46.8 Å². The van der Waals surface area contributed by atoms with Crippen LogP contribution in [0.15, 0.2) is 6.07 Å². The molecule has 0 bridgehead atoms. The molecule has 0 unspecified atom stereocenters. The average Bonchev–Trinajstić information content (AvgIpc) is 2.76. The lowest BCUT2D eigenvalue weighted by Crippen LogP contribution is -2.31. The lowest BCUT2D eigenvalue weighted by molar-refractivity contribution is 0.0760. The molecule has 0 saturated carbocycles. The van der Waals surface area contributed by atoms with Crippen molar-refractivity contribution in [2.45, 2.75) is 33.6 Å². The van der Waals surface area contributed by atoms with Crippen molar-refractivity contribution in [2.24, 2.45) is 5.73 Å². The van der Waals surface area contributed by atoms with Gasteiger partial charge in [-0.25, -0.2) is 0 Å². The second-order valence-corrected chi connectivity index (χ2v) is 5.47. The van der Waals surface area contributed by atoms with Gasteiger partial charge in [-0.1, -0.05) is 25.7 Å². The minimum absolute atomic E-state index is 0.123. The molecule has 0 fully saturated rings. The van der Waals surface area contributed by atoms with Crippen LogP contribution in [-0.2, 0) is 0 Å². The lowest BCUT2D eigenvalue weighted by atomic mass is 10.2. The average molecular weight is 278 g/mol. The normalized spacial score (nSPS) is 9.89. The van der Waals surface area contributed by atoms with Crippen molar-refractivity contribution in [1.29, 1.82) is 0 Å². The Kier molecular flexibility index (Phi) is 6.61. The minimum atomic E-state index is 0.123. The Morgan fingerprint density at radius 3 is 2.53 bits per heavy atom. The van der Waals surface area contributed by atoms with Crippen molar-refractivity contribution in [1.82, 2.24) is 4.90 Å². The largest absolute Gasteiger partial charge is 0.338 e. The van der Waals surface area contributed by atoms with Gasteiger partial charge in [0.1, 0.15) is 0 Å².